The Kier molecular flexibility index (Phi) is 5.38. The van der Waals surface area contributed by atoms with E-state index in [1.807, 2.05) is 13.8 Å². The van der Waals surface area contributed by atoms with E-state index in [4.69, 9.17) is 0 Å². The van der Waals surface area contributed by atoms with E-state index in [1.54, 1.807) is 4.90 Å². The number of halogens is 3. The van der Waals surface area contributed by atoms with Crippen molar-refractivity contribution in [2.24, 2.45) is 0 Å². The van der Waals surface area contributed by atoms with Gasteiger partial charge in [0.25, 0.3) is 0 Å². The van der Waals surface area contributed by atoms with Crippen molar-refractivity contribution in [3.63, 3.8) is 0 Å². The van der Waals surface area contributed by atoms with Gasteiger partial charge >= 0.3 is 12.3 Å². The first kappa shape index (κ1) is 16.3. The Balaban J connectivity index is 2.97. The second-order valence-corrected chi connectivity index (χ2v) is 4.08. The van der Waals surface area contributed by atoms with Crippen LogP contribution in [-0.4, -0.2) is 35.4 Å². The van der Waals surface area contributed by atoms with Crippen LogP contribution in [-0.2, 0) is 4.79 Å². The molecule has 1 rings (SSSR count). The number of aliphatic carboxylic acids is 1. The fourth-order valence-corrected chi connectivity index (χ4v) is 1.95. The Morgan fingerprint density at radius 3 is 2.10 bits per heavy atom. The third-order valence-electron chi connectivity index (χ3n) is 2.84. The molecule has 0 heterocycles. The number of nitrogens with zero attached hydrogens (tertiary/aromatic N) is 1. The Bertz CT molecular complexity index is 441. The van der Waals surface area contributed by atoms with Crippen molar-refractivity contribution in [2.45, 2.75) is 26.3 Å². The third kappa shape index (κ3) is 4.41. The summed E-state index contributed by atoms with van der Waals surface area (Å²) in [5.74, 6) is -1.41. The maximum Gasteiger partial charge on any atom is 0.573 e. The largest absolute Gasteiger partial charge is 0.573 e. The van der Waals surface area contributed by atoms with Gasteiger partial charge in [-0.15, -0.1) is 13.2 Å². The van der Waals surface area contributed by atoms with E-state index in [2.05, 4.69) is 4.74 Å². The summed E-state index contributed by atoms with van der Waals surface area (Å²) in [5, 5.41) is 9.26. The highest BCUT2D eigenvalue weighted by molar-refractivity contribution is 5.75. The summed E-state index contributed by atoms with van der Waals surface area (Å²) in [7, 11) is 0. The van der Waals surface area contributed by atoms with Crippen LogP contribution in [0.2, 0.25) is 0 Å². The molecule has 0 spiro atoms. The molecule has 1 unspecified atom stereocenters. The Labute approximate surface area is 114 Å². The van der Waals surface area contributed by atoms with Gasteiger partial charge in [0.2, 0.25) is 0 Å². The average molecular weight is 291 g/mol. The van der Waals surface area contributed by atoms with Crippen LogP contribution < -0.4 is 4.74 Å². The Hall–Kier alpha value is -1.76. The number of carbonyl (C=O) groups is 1. The number of hydrogen-bond donors (Lipinski definition) is 1. The molecular formula is C13H16F3NO3. The van der Waals surface area contributed by atoms with Gasteiger partial charge in [-0.05, 0) is 30.8 Å². The van der Waals surface area contributed by atoms with Crippen molar-refractivity contribution in [2.75, 3.05) is 13.1 Å². The van der Waals surface area contributed by atoms with E-state index in [-0.39, 0.29) is 5.75 Å². The van der Waals surface area contributed by atoms with Gasteiger partial charge in [-0.2, -0.15) is 0 Å². The van der Waals surface area contributed by atoms with Gasteiger partial charge in [-0.1, -0.05) is 26.0 Å². The number of carboxylic acid groups (broad SMARTS) is 1. The van der Waals surface area contributed by atoms with Crippen LogP contribution >= 0.6 is 0 Å². The smallest absolute Gasteiger partial charge is 0.480 e. The number of likely N-dealkylation sites (N-methyl/N-ethyl adjacent to an activating group) is 1. The minimum absolute atomic E-state index is 0.370. The maximum absolute atomic E-state index is 12.0. The van der Waals surface area contributed by atoms with Gasteiger partial charge in [-0.3, -0.25) is 9.69 Å². The molecule has 4 nitrogen and oxygen atoms in total. The van der Waals surface area contributed by atoms with Crippen LogP contribution in [0, 0.1) is 0 Å². The molecule has 1 atom stereocenters. The molecule has 0 aliphatic heterocycles. The predicted octanol–water partition coefficient (Wildman–Crippen LogP) is 3.05. The molecule has 20 heavy (non-hydrogen) atoms. The third-order valence-corrected chi connectivity index (χ3v) is 2.84. The SMILES string of the molecule is CCN(CC)C(C(=O)O)c1ccc(OC(F)(F)F)cc1. The summed E-state index contributed by atoms with van der Waals surface area (Å²) in [6.45, 7) is 4.68. The normalized spacial score (nSPS) is 13.3. The molecule has 0 aliphatic rings. The number of hydrogen-bond acceptors (Lipinski definition) is 3. The summed E-state index contributed by atoms with van der Waals surface area (Å²) < 4.78 is 39.9. The van der Waals surface area contributed by atoms with Crippen molar-refractivity contribution >= 4 is 5.97 Å². The maximum atomic E-state index is 12.0. The van der Waals surface area contributed by atoms with Gasteiger partial charge in [0, 0.05) is 0 Å². The van der Waals surface area contributed by atoms with Crippen molar-refractivity contribution < 1.29 is 27.8 Å². The highest BCUT2D eigenvalue weighted by atomic mass is 19.4. The zero-order valence-corrected chi connectivity index (χ0v) is 11.1. The number of carboxylic acids is 1. The molecular weight excluding hydrogens is 275 g/mol. The standard InChI is InChI=1S/C13H16F3NO3/c1-3-17(4-2)11(12(18)19)9-5-7-10(8-6-9)20-13(14,15)16/h5-8,11H,3-4H2,1-2H3,(H,18,19). The molecule has 0 aromatic heterocycles. The van der Waals surface area contributed by atoms with Crippen LogP contribution in [0.4, 0.5) is 13.2 Å². The Morgan fingerprint density at radius 1 is 1.25 bits per heavy atom. The van der Waals surface area contributed by atoms with Crippen molar-refractivity contribution in [3.05, 3.63) is 29.8 Å². The first-order chi connectivity index (χ1) is 9.28. The molecule has 0 amide bonds. The van der Waals surface area contributed by atoms with Crippen molar-refractivity contribution in [1.29, 1.82) is 0 Å². The van der Waals surface area contributed by atoms with Gasteiger partial charge in [-0.25, -0.2) is 0 Å². The van der Waals surface area contributed by atoms with Gasteiger partial charge in [0.15, 0.2) is 0 Å². The number of alkyl halides is 3. The summed E-state index contributed by atoms with van der Waals surface area (Å²) >= 11 is 0. The molecule has 7 heteroatoms. The quantitative estimate of drug-likeness (QED) is 0.875. The molecule has 112 valence electrons. The van der Waals surface area contributed by atoms with E-state index < -0.39 is 18.4 Å². The lowest BCUT2D eigenvalue weighted by Gasteiger charge is -2.26. The fraction of sp³-hybridized carbons (Fsp3) is 0.462. The van der Waals surface area contributed by atoms with E-state index >= 15 is 0 Å². The van der Waals surface area contributed by atoms with Crippen LogP contribution in [0.25, 0.3) is 0 Å². The molecule has 0 bridgehead atoms. The van der Waals surface area contributed by atoms with E-state index in [0.29, 0.717) is 18.7 Å². The molecule has 0 saturated carbocycles. The second-order valence-electron chi connectivity index (χ2n) is 4.08. The fourth-order valence-electron chi connectivity index (χ4n) is 1.95. The average Bonchev–Trinajstić information content (AvgIpc) is 2.35. The first-order valence-electron chi connectivity index (χ1n) is 6.11. The van der Waals surface area contributed by atoms with Crippen LogP contribution in [0.15, 0.2) is 24.3 Å². The van der Waals surface area contributed by atoms with E-state index in [9.17, 15) is 23.1 Å². The molecule has 1 N–H and O–H groups in total. The lowest BCUT2D eigenvalue weighted by atomic mass is 10.1. The zero-order valence-electron chi connectivity index (χ0n) is 11.1. The highest BCUT2D eigenvalue weighted by Gasteiger charge is 2.31. The molecule has 0 saturated heterocycles. The van der Waals surface area contributed by atoms with Crippen molar-refractivity contribution in [1.82, 2.24) is 4.90 Å². The van der Waals surface area contributed by atoms with E-state index in [0.717, 1.165) is 12.1 Å². The van der Waals surface area contributed by atoms with Gasteiger partial charge < -0.3 is 9.84 Å². The summed E-state index contributed by atoms with van der Waals surface area (Å²) in [4.78, 5) is 13.0. The van der Waals surface area contributed by atoms with Crippen LogP contribution in [0.3, 0.4) is 0 Å². The Morgan fingerprint density at radius 2 is 1.75 bits per heavy atom. The summed E-state index contributed by atoms with van der Waals surface area (Å²) in [6.07, 6.45) is -4.76. The molecule has 0 fully saturated rings. The number of benzene rings is 1. The minimum atomic E-state index is -4.76. The number of rotatable bonds is 6. The summed E-state index contributed by atoms with van der Waals surface area (Å²) in [5.41, 5.74) is 0.413. The van der Waals surface area contributed by atoms with Crippen LogP contribution in [0.1, 0.15) is 25.5 Å². The molecule has 1 aromatic carbocycles. The van der Waals surface area contributed by atoms with Crippen molar-refractivity contribution in [3.8, 4) is 5.75 Å². The monoisotopic (exact) mass is 291 g/mol. The topological polar surface area (TPSA) is 49.8 Å². The number of ether oxygens (including phenoxy) is 1. The predicted molar refractivity (Wildman–Crippen MR) is 66.4 cm³/mol. The van der Waals surface area contributed by atoms with E-state index in [1.165, 1.54) is 12.1 Å². The molecule has 0 aliphatic carbocycles. The minimum Gasteiger partial charge on any atom is -0.480 e. The summed E-state index contributed by atoms with van der Waals surface area (Å²) in [6, 6.07) is 4.01. The highest BCUT2D eigenvalue weighted by Crippen LogP contribution is 2.26. The lowest BCUT2D eigenvalue weighted by molar-refractivity contribution is -0.274. The van der Waals surface area contributed by atoms with Gasteiger partial charge in [0.05, 0.1) is 0 Å². The van der Waals surface area contributed by atoms with Gasteiger partial charge in [0.1, 0.15) is 11.8 Å². The first-order valence-corrected chi connectivity index (χ1v) is 6.11. The van der Waals surface area contributed by atoms with Crippen LogP contribution in [0.5, 0.6) is 5.75 Å². The molecule has 1 aromatic rings. The lowest BCUT2D eigenvalue weighted by Crippen LogP contribution is -2.33. The zero-order chi connectivity index (χ0) is 15.3. The molecule has 0 radical (unpaired) electrons. The second kappa shape index (κ2) is 6.60.